The molecule has 10 heteroatoms. The Hall–Kier alpha value is -2.10. The molecule has 0 saturated carbocycles. The fourth-order valence-corrected chi connectivity index (χ4v) is 6.98. The van der Waals surface area contributed by atoms with Gasteiger partial charge in [-0.25, -0.2) is 4.57 Å². The summed E-state index contributed by atoms with van der Waals surface area (Å²) < 4.78 is 33.4. The van der Waals surface area contributed by atoms with Crippen molar-refractivity contribution in [1.29, 1.82) is 0 Å². The van der Waals surface area contributed by atoms with Crippen molar-refractivity contribution >= 4 is 13.8 Å². The zero-order chi connectivity index (χ0) is 43.9. The molecule has 0 aliphatic carbocycles. The molecule has 0 aromatic carbocycles. The number of phosphoric ester groups is 1. The van der Waals surface area contributed by atoms with E-state index < -0.39 is 45.8 Å². The van der Waals surface area contributed by atoms with Crippen LogP contribution in [0.2, 0.25) is 0 Å². The molecule has 0 fully saturated rings. The van der Waals surface area contributed by atoms with Crippen molar-refractivity contribution in [3.05, 3.63) is 72.9 Å². The van der Waals surface area contributed by atoms with Crippen LogP contribution in [0.25, 0.3) is 0 Å². The van der Waals surface area contributed by atoms with Crippen molar-refractivity contribution in [2.75, 3.05) is 33.0 Å². The van der Waals surface area contributed by atoms with Crippen molar-refractivity contribution in [3.8, 4) is 0 Å². The third-order valence-corrected chi connectivity index (χ3v) is 10.8. The summed E-state index contributed by atoms with van der Waals surface area (Å²) >= 11 is 0. The minimum atomic E-state index is -4.53. The molecule has 348 valence electrons. The first-order valence-corrected chi connectivity index (χ1v) is 25.4. The number of allylic oxidation sites excluding steroid dienone is 12. The molecule has 0 amide bonds. The molecule has 0 aromatic heterocycles. The van der Waals surface area contributed by atoms with E-state index >= 15 is 0 Å². The molecule has 0 aliphatic rings. The molecular formula is C50H89O9P. The smallest absolute Gasteiger partial charge is 0.457 e. The van der Waals surface area contributed by atoms with Crippen molar-refractivity contribution < 1.29 is 43.0 Å². The summed E-state index contributed by atoms with van der Waals surface area (Å²) in [7, 11) is -4.53. The maximum Gasteiger partial charge on any atom is 0.472 e. The first-order valence-electron chi connectivity index (χ1n) is 23.9. The Bertz CT molecular complexity index is 1160. The second-order valence-corrected chi connectivity index (χ2v) is 17.2. The highest BCUT2D eigenvalue weighted by molar-refractivity contribution is 7.47. The number of hydrogen-bond donors (Lipinski definition) is 3. The monoisotopic (exact) mass is 865 g/mol. The number of unbranched alkanes of at least 4 members (excludes halogenated alkanes) is 19. The quantitative estimate of drug-likeness (QED) is 0.0237. The maximum absolute atomic E-state index is 12.7. The second-order valence-electron chi connectivity index (χ2n) is 15.8. The lowest BCUT2D eigenvalue weighted by Gasteiger charge is -2.20. The number of ether oxygens (including phenoxy) is 2. The predicted octanol–water partition coefficient (Wildman–Crippen LogP) is 13.7. The van der Waals surface area contributed by atoms with Crippen LogP contribution in [0, 0.1) is 0 Å². The maximum atomic E-state index is 12.7. The fraction of sp³-hybridized carbons (Fsp3) is 0.740. The van der Waals surface area contributed by atoms with Crippen LogP contribution in [0.1, 0.15) is 194 Å². The summed E-state index contributed by atoms with van der Waals surface area (Å²) in [6.45, 7) is 3.42. The van der Waals surface area contributed by atoms with E-state index in [0.717, 1.165) is 89.9 Å². The summed E-state index contributed by atoms with van der Waals surface area (Å²) in [5.74, 6) is -0.400. The van der Waals surface area contributed by atoms with Crippen molar-refractivity contribution in [2.45, 2.75) is 206 Å². The molecule has 0 aromatic rings. The lowest BCUT2D eigenvalue weighted by Crippen LogP contribution is -2.29. The highest BCUT2D eigenvalue weighted by Gasteiger charge is 2.26. The highest BCUT2D eigenvalue weighted by Crippen LogP contribution is 2.43. The van der Waals surface area contributed by atoms with Crippen LogP contribution in [-0.2, 0) is 27.9 Å². The molecule has 0 heterocycles. The molecule has 3 atom stereocenters. The molecule has 0 radical (unpaired) electrons. The van der Waals surface area contributed by atoms with Crippen LogP contribution < -0.4 is 0 Å². The SMILES string of the molecule is CCCCC/C=C\C/C=C\C/C=C\CCCCCCCCCOCC(COP(=O)(O)OCC(O)CO)OC(=O)CCCCCCCC/C=C\C/C=C\C/C=C\CCCCC. The highest BCUT2D eigenvalue weighted by atomic mass is 31.2. The Morgan fingerprint density at radius 3 is 1.35 bits per heavy atom. The van der Waals surface area contributed by atoms with E-state index in [-0.39, 0.29) is 13.0 Å². The van der Waals surface area contributed by atoms with E-state index in [4.69, 9.17) is 23.6 Å². The van der Waals surface area contributed by atoms with Gasteiger partial charge in [0.2, 0.25) is 0 Å². The van der Waals surface area contributed by atoms with Gasteiger partial charge in [-0.2, -0.15) is 0 Å². The van der Waals surface area contributed by atoms with Gasteiger partial charge in [-0.3, -0.25) is 13.8 Å². The van der Waals surface area contributed by atoms with Crippen LogP contribution >= 0.6 is 7.82 Å². The van der Waals surface area contributed by atoms with Gasteiger partial charge in [0.25, 0.3) is 0 Å². The van der Waals surface area contributed by atoms with Crippen molar-refractivity contribution in [2.24, 2.45) is 0 Å². The van der Waals surface area contributed by atoms with Crippen LogP contribution in [0.5, 0.6) is 0 Å². The number of rotatable bonds is 45. The van der Waals surface area contributed by atoms with Gasteiger partial charge < -0.3 is 24.6 Å². The third-order valence-electron chi connectivity index (χ3n) is 9.86. The number of carbonyl (C=O) groups is 1. The Kier molecular flexibility index (Phi) is 44.8. The molecular weight excluding hydrogens is 776 g/mol. The summed E-state index contributed by atoms with van der Waals surface area (Å²) in [5.41, 5.74) is 0. The average molecular weight is 865 g/mol. The second kappa shape index (κ2) is 46.4. The number of esters is 1. The zero-order valence-electron chi connectivity index (χ0n) is 38.2. The minimum Gasteiger partial charge on any atom is -0.457 e. The molecule has 0 bridgehead atoms. The molecule has 0 saturated heterocycles. The molecule has 9 nitrogen and oxygen atoms in total. The minimum absolute atomic E-state index is 0.0335. The largest absolute Gasteiger partial charge is 0.472 e. The molecule has 60 heavy (non-hydrogen) atoms. The fourth-order valence-electron chi connectivity index (χ4n) is 6.19. The van der Waals surface area contributed by atoms with Gasteiger partial charge >= 0.3 is 13.8 Å². The standard InChI is InChI=1S/C50H89O9P/c1-3-5-7-9-11-13-15-17-19-21-23-25-27-29-31-33-35-37-39-41-43-56-46-49(47-58-60(54,55)57-45-48(52)44-51)59-50(53)42-40-38-36-34-32-30-28-26-24-22-20-18-16-14-12-10-8-6-4-2/h11-14,17-20,23-26,48-49,51-52H,3-10,15-16,21-22,27-47H2,1-2H3,(H,54,55)/b13-11-,14-12-,19-17-,20-18-,25-23-,26-24-. The molecule has 0 spiro atoms. The van der Waals surface area contributed by atoms with Gasteiger partial charge in [-0.15, -0.1) is 0 Å². The van der Waals surface area contributed by atoms with E-state index in [1.54, 1.807) is 0 Å². The van der Waals surface area contributed by atoms with Gasteiger partial charge in [0.05, 0.1) is 26.4 Å². The van der Waals surface area contributed by atoms with E-state index in [2.05, 4.69) is 86.8 Å². The molecule has 3 N–H and O–H groups in total. The topological polar surface area (TPSA) is 132 Å². The number of hydrogen-bond acceptors (Lipinski definition) is 8. The van der Waals surface area contributed by atoms with Gasteiger partial charge in [0.1, 0.15) is 12.2 Å². The van der Waals surface area contributed by atoms with Crippen molar-refractivity contribution in [3.63, 3.8) is 0 Å². The number of phosphoric acid groups is 1. The van der Waals surface area contributed by atoms with Gasteiger partial charge in [0, 0.05) is 13.0 Å². The first-order chi connectivity index (χ1) is 29.3. The first kappa shape index (κ1) is 57.9. The lowest BCUT2D eigenvalue weighted by molar-refractivity contribution is -0.154. The Balaban J connectivity index is 4.19. The summed E-state index contributed by atoms with van der Waals surface area (Å²) in [6, 6.07) is 0. The third kappa shape index (κ3) is 45.4. The Morgan fingerprint density at radius 1 is 0.517 bits per heavy atom. The number of aliphatic hydroxyl groups excluding tert-OH is 2. The van der Waals surface area contributed by atoms with E-state index in [9.17, 15) is 19.4 Å². The van der Waals surface area contributed by atoms with Gasteiger partial charge in [0.15, 0.2) is 0 Å². The summed E-state index contributed by atoms with van der Waals surface area (Å²) in [4.78, 5) is 22.6. The summed E-state index contributed by atoms with van der Waals surface area (Å²) in [5, 5.41) is 18.4. The molecule has 3 unspecified atom stereocenters. The molecule has 0 rings (SSSR count). The zero-order valence-corrected chi connectivity index (χ0v) is 39.1. The Labute approximate surface area is 367 Å². The van der Waals surface area contributed by atoms with Gasteiger partial charge in [-0.1, -0.05) is 170 Å². The Morgan fingerprint density at radius 2 is 0.900 bits per heavy atom. The van der Waals surface area contributed by atoms with E-state index in [1.165, 1.54) is 77.0 Å². The van der Waals surface area contributed by atoms with E-state index in [1.807, 2.05) is 0 Å². The van der Waals surface area contributed by atoms with Crippen LogP contribution in [0.3, 0.4) is 0 Å². The lowest BCUT2D eigenvalue weighted by atomic mass is 10.1. The normalized spacial score (nSPS) is 14.6. The van der Waals surface area contributed by atoms with E-state index in [0.29, 0.717) is 13.0 Å². The predicted molar refractivity (Wildman–Crippen MR) is 251 cm³/mol. The van der Waals surface area contributed by atoms with Crippen molar-refractivity contribution in [1.82, 2.24) is 0 Å². The average Bonchev–Trinajstić information content (AvgIpc) is 3.24. The number of aliphatic hydroxyl groups is 2. The van der Waals surface area contributed by atoms with Gasteiger partial charge in [-0.05, 0) is 89.9 Å². The number of carbonyl (C=O) groups excluding carboxylic acids is 1. The molecule has 0 aliphatic heterocycles. The van der Waals surface area contributed by atoms with Crippen LogP contribution in [0.15, 0.2) is 72.9 Å². The van der Waals surface area contributed by atoms with Crippen LogP contribution in [-0.4, -0.2) is 66.3 Å². The van der Waals surface area contributed by atoms with Crippen LogP contribution in [0.4, 0.5) is 0 Å². The summed E-state index contributed by atoms with van der Waals surface area (Å²) in [6.07, 6.45) is 55.7.